The molecule has 5 heteroatoms. The highest BCUT2D eigenvalue weighted by Crippen LogP contribution is 2.20. The van der Waals surface area contributed by atoms with Crippen LogP contribution in [0.1, 0.15) is 15.9 Å². The van der Waals surface area contributed by atoms with Crippen molar-refractivity contribution in [3.8, 4) is 0 Å². The number of anilines is 1. The van der Waals surface area contributed by atoms with Crippen molar-refractivity contribution in [2.75, 3.05) is 12.4 Å². The first-order valence-corrected chi connectivity index (χ1v) is 6.48. The Morgan fingerprint density at radius 3 is 2.55 bits per heavy atom. The molecule has 20 heavy (non-hydrogen) atoms. The van der Waals surface area contributed by atoms with Crippen molar-refractivity contribution < 1.29 is 9.18 Å². The molecule has 2 aromatic carbocycles. The standard InChI is InChI=1S/C15H14ClFN2O/c1-18-15(20)11-4-2-10(3-5-11)9-19-14-8-12(16)6-7-13(14)17/h2-8,19H,9H2,1H3,(H,18,20). The Kier molecular flexibility index (Phi) is 4.58. The Labute approximate surface area is 121 Å². The van der Waals surface area contributed by atoms with E-state index in [-0.39, 0.29) is 11.7 Å². The number of amides is 1. The normalized spacial score (nSPS) is 10.2. The van der Waals surface area contributed by atoms with Crippen LogP contribution in [0.25, 0.3) is 0 Å². The maximum absolute atomic E-state index is 13.5. The summed E-state index contributed by atoms with van der Waals surface area (Å²) < 4.78 is 13.5. The SMILES string of the molecule is CNC(=O)c1ccc(CNc2cc(Cl)ccc2F)cc1. The number of nitrogens with one attached hydrogen (secondary N) is 2. The average molecular weight is 293 g/mol. The molecular weight excluding hydrogens is 279 g/mol. The van der Waals surface area contributed by atoms with Gasteiger partial charge in [0.05, 0.1) is 5.69 Å². The smallest absolute Gasteiger partial charge is 0.251 e. The number of hydrogen-bond acceptors (Lipinski definition) is 2. The van der Waals surface area contributed by atoms with Crippen LogP contribution in [0.15, 0.2) is 42.5 Å². The zero-order chi connectivity index (χ0) is 14.5. The van der Waals surface area contributed by atoms with Crippen LogP contribution < -0.4 is 10.6 Å². The molecule has 0 heterocycles. The van der Waals surface area contributed by atoms with E-state index >= 15 is 0 Å². The topological polar surface area (TPSA) is 41.1 Å². The van der Waals surface area contributed by atoms with Gasteiger partial charge in [-0.1, -0.05) is 23.7 Å². The molecule has 0 saturated carbocycles. The molecule has 0 unspecified atom stereocenters. The lowest BCUT2D eigenvalue weighted by molar-refractivity contribution is 0.0963. The van der Waals surface area contributed by atoms with Crippen LogP contribution in [0.5, 0.6) is 0 Å². The van der Waals surface area contributed by atoms with Gasteiger partial charge in [0.25, 0.3) is 5.91 Å². The van der Waals surface area contributed by atoms with E-state index in [0.717, 1.165) is 5.56 Å². The second-order valence-corrected chi connectivity index (χ2v) is 4.69. The highest BCUT2D eigenvalue weighted by molar-refractivity contribution is 6.30. The highest BCUT2D eigenvalue weighted by Gasteiger charge is 2.04. The van der Waals surface area contributed by atoms with Gasteiger partial charge in [0.2, 0.25) is 0 Å². The summed E-state index contributed by atoms with van der Waals surface area (Å²) in [6, 6.07) is 11.4. The minimum absolute atomic E-state index is 0.134. The molecule has 0 radical (unpaired) electrons. The quantitative estimate of drug-likeness (QED) is 0.906. The van der Waals surface area contributed by atoms with Crippen LogP contribution in [0, 0.1) is 5.82 Å². The van der Waals surface area contributed by atoms with Crippen molar-refractivity contribution in [1.29, 1.82) is 0 Å². The lowest BCUT2D eigenvalue weighted by Crippen LogP contribution is -2.17. The third-order valence-corrected chi connectivity index (χ3v) is 3.09. The van der Waals surface area contributed by atoms with E-state index in [4.69, 9.17) is 11.6 Å². The van der Waals surface area contributed by atoms with Crippen LogP contribution in [0.2, 0.25) is 5.02 Å². The Balaban J connectivity index is 2.04. The molecular formula is C15H14ClFN2O. The largest absolute Gasteiger partial charge is 0.379 e. The fraction of sp³-hybridized carbons (Fsp3) is 0.133. The summed E-state index contributed by atoms with van der Waals surface area (Å²) in [5, 5.41) is 6.00. The Bertz CT molecular complexity index is 614. The summed E-state index contributed by atoms with van der Waals surface area (Å²) in [4.78, 5) is 11.4. The van der Waals surface area contributed by atoms with Gasteiger partial charge in [-0.2, -0.15) is 0 Å². The highest BCUT2D eigenvalue weighted by atomic mass is 35.5. The van der Waals surface area contributed by atoms with Crippen LogP contribution >= 0.6 is 11.6 Å². The second kappa shape index (κ2) is 6.39. The molecule has 1 amide bonds. The van der Waals surface area contributed by atoms with Crippen LogP contribution in [0.4, 0.5) is 10.1 Å². The van der Waals surface area contributed by atoms with Crippen molar-refractivity contribution in [2.24, 2.45) is 0 Å². The van der Waals surface area contributed by atoms with E-state index in [9.17, 15) is 9.18 Å². The van der Waals surface area contributed by atoms with Crippen molar-refractivity contribution in [2.45, 2.75) is 6.54 Å². The van der Waals surface area contributed by atoms with Crippen LogP contribution in [0.3, 0.4) is 0 Å². The monoisotopic (exact) mass is 292 g/mol. The predicted molar refractivity (Wildman–Crippen MR) is 78.6 cm³/mol. The Morgan fingerprint density at radius 1 is 1.20 bits per heavy atom. The first kappa shape index (κ1) is 14.3. The van der Waals surface area contributed by atoms with E-state index in [1.165, 1.54) is 18.2 Å². The van der Waals surface area contributed by atoms with Gasteiger partial charge in [0.15, 0.2) is 0 Å². The van der Waals surface area contributed by atoms with Crippen molar-refractivity contribution in [3.05, 3.63) is 64.4 Å². The number of benzene rings is 2. The molecule has 0 atom stereocenters. The minimum atomic E-state index is -0.351. The zero-order valence-electron chi connectivity index (χ0n) is 10.9. The Hall–Kier alpha value is -2.07. The van der Waals surface area contributed by atoms with Crippen molar-refractivity contribution in [3.63, 3.8) is 0 Å². The summed E-state index contributed by atoms with van der Waals surface area (Å²) in [6.45, 7) is 0.450. The average Bonchev–Trinajstić information content (AvgIpc) is 2.48. The van der Waals surface area contributed by atoms with E-state index < -0.39 is 0 Å². The lowest BCUT2D eigenvalue weighted by Gasteiger charge is -2.08. The molecule has 0 aliphatic carbocycles. The van der Waals surface area contributed by atoms with Gasteiger partial charge in [0.1, 0.15) is 5.82 Å². The van der Waals surface area contributed by atoms with Crippen molar-refractivity contribution in [1.82, 2.24) is 5.32 Å². The number of rotatable bonds is 4. The molecule has 0 fully saturated rings. The number of carbonyl (C=O) groups is 1. The van der Waals surface area contributed by atoms with Crippen LogP contribution in [-0.2, 0) is 6.54 Å². The summed E-state index contributed by atoms with van der Waals surface area (Å²) >= 11 is 5.82. The first-order valence-electron chi connectivity index (χ1n) is 6.10. The molecule has 3 nitrogen and oxygen atoms in total. The van der Waals surface area contributed by atoms with E-state index in [1.54, 1.807) is 19.2 Å². The Morgan fingerprint density at radius 2 is 1.90 bits per heavy atom. The fourth-order valence-electron chi connectivity index (χ4n) is 1.75. The molecule has 0 bridgehead atoms. The number of carbonyl (C=O) groups excluding carboxylic acids is 1. The molecule has 2 rings (SSSR count). The molecule has 2 N–H and O–H groups in total. The van der Waals surface area contributed by atoms with Crippen molar-refractivity contribution >= 4 is 23.2 Å². The first-order chi connectivity index (χ1) is 9.60. The molecule has 0 spiro atoms. The maximum atomic E-state index is 13.5. The third kappa shape index (κ3) is 3.48. The van der Waals surface area contributed by atoms with Gasteiger partial charge >= 0.3 is 0 Å². The molecule has 0 aromatic heterocycles. The van der Waals surface area contributed by atoms with E-state index in [1.807, 2.05) is 12.1 Å². The summed E-state index contributed by atoms with van der Waals surface area (Å²) in [5.41, 5.74) is 1.88. The van der Waals surface area contributed by atoms with Gasteiger partial charge in [-0.05, 0) is 35.9 Å². The molecule has 104 valence electrons. The molecule has 0 aliphatic heterocycles. The summed E-state index contributed by atoms with van der Waals surface area (Å²) in [6.07, 6.45) is 0. The third-order valence-electron chi connectivity index (χ3n) is 2.85. The molecule has 2 aromatic rings. The molecule has 0 saturated heterocycles. The number of hydrogen-bond donors (Lipinski definition) is 2. The zero-order valence-corrected chi connectivity index (χ0v) is 11.7. The lowest BCUT2D eigenvalue weighted by atomic mass is 10.1. The van der Waals surface area contributed by atoms with Crippen LogP contribution in [-0.4, -0.2) is 13.0 Å². The van der Waals surface area contributed by atoms with Gasteiger partial charge in [0, 0.05) is 24.2 Å². The summed E-state index contributed by atoms with van der Waals surface area (Å²) in [5.74, 6) is -0.484. The van der Waals surface area contributed by atoms with Gasteiger partial charge in [-0.15, -0.1) is 0 Å². The predicted octanol–water partition coefficient (Wildman–Crippen LogP) is 3.45. The fourth-order valence-corrected chi connectivity index (χ4v) is 1.92. The van der Waals surface area contributed by atoms with Gasteiger partial charge < -0.3 is 10.6 Å². The van der Waals surface area contributed by atoms with Gasteiger partial charge in [-0.25, -0.2) is 4.39 Å². The minimum Gasteiger partial charge on any atom is -0.379 e. The van der Waals surface area contributed by atoms with E-state index in [2.05, 4.69) is 10.6 Å². The number of halogens is 2. The van der Waals surface area contributed by atoms with E-state index in [0.29, 0.717) is 22.8 Å². The van der Waals surface area contributed by atoms with Gasteiger partial charge in [-0.3, -0.25) is 4.79 Å². The second-order valence-electron chi connectivity index (χ2n) is 4.25. The molecule has 0 aliphatic rings. The maximum Gasteiger partial charge on any atom is 0.251 e. The summed E-state index contributed by atoms with van der Waals surface area (Å²) in [7, 11) is 1.58.